The lowest BCUT2D eigenvalue weighted by Gasteiger charge is -2.26. The summed E-state index contributed by atoms with van der Waals surface area (Å²) < 4.78 is 35.9. The van der Waals surface area contributed by atoms with E-state index in [2.05, 4.69) is 32.1 Å². The number of amides is 1. The number of rotatable bonds is 10. The Kier molecular flexibility index (Phi) is 8.10. The molecule has 0 aliphatic heterocycles. The fourth-order valence-electron chi connectivity index (χ4n) is 4.22. The predicted octanol–water partition coefficient (Wildman–Crippen LogP) is 4.79. The molecule has 0 atom stereocenters. The van der Waals surface area contributed by atoms with Gasteiger partial charge in [0.25, 0.3) is 0 Å². The molecule has 9 nitrogen and oxygen atoms in total. The Morgan fingerprint density at radius 3 is 2.62 bits per heavy atom. The number of carbonyl (C=O) groups is 1. The van der Waals surface area contributed by atoms with E-state index >= 15 is 0 Å². The summed E-state index contributed by atoms with van der Waals surface area (Å²) in [6, 6.07) is 7.34. The normalized spacial score (nSPS) is 11.1. The van der Waals surface area contributed by atoms with Gasteiger partial charge in [0.15, 0.2) is 0 Å². The van der Waals surface area contributed by atoms with Crippen molar-refractivity contribution in [2.45, 2.75) is 0 Å². The van der Waals surface area contributed by atoms with E-state index in [1.54, 1.807) is 43.3 Å². The molecule has 0 spiro atoms. The highest BCUT2D eigenvalue weighted by molar-refractivity contribution is 6.02. The fraction of sp³-hybridized carbons (Fsp3) is 0.250. The Balaban J connectivity index is 1.73. The van der Waals surface area contributed by atoms with Crippen molar-refractivity contribution in [2.24, 2.45) is 7.05 Å². The van der Waals surface area contributed by atoms with E-state index in [1.165, 1.54) is 12.1 Å². The number of likely N-dealkylation sites (N-methyl/N-ethyl adjacent to an activating group) is 2. The molecule has 0 unspecified atom stereocenters. The van der Waals surface area contributed by atoms with Crippen LogP contribution in [0.25, 0.3) is 22.2 Å². The molecule has 2 aromatic heterocycles. The first-order valence-corrected chi connectivity index (χ1v) is 12.2. The van der Waals surface area contributed by atoms with Gasteiger partial charge in [-0.3, -0.25) is 4.79 Å². The minimum Gasteiger partial charge on any atom is -0.494 e. The van der Waals surface area contributed by atoms with Crippen molar-refractivity contribution in [1.82, 2.24) is 19.4 Å². The van der Waals surface area contributed by atoms with E-state index in [0.717, 1.165) is 18.3 Å². The van der Waals surface area contributed by atoms with E-state index in [4.69, 9.17) is 4.74 Å². The van der Waals surface area contributed by atoms with Crippen LogP contribution in [-0.4, -0.2) is 66.7 Å². The van der Waals surface area contributed by atoms with Gasteiger partial charge < -0.3 is 29.7 Å². The second-order valence-corrected chi connectivity index (χ2v) is 9.31. The lowest BCUT2D eigenvalue weighted by molar-refractivity contribution is -0.111. The molecule has 0 aliphatic carbocycles. The summed E-state index contributed by atoms with van der Waals surface area (Å²) in [6.07, 6.45) is 4.44. The van der Waals surface area contributed by atoms with Crippen LogP contribution in [-0.2, 0) is 11.8 Å². The number of hydrogen-bond acceptors (Lipinski definition) is 7. The van der Waals surface area contributed by atoms with Crippen LogP contribution in [0.1, 0.15) is 0 Å². The third-order valence-corrected chi connectivity index (χ3v) is 6.24. The highest BCUT2D eigenvalue weighted by Gasteiger charge is 2.19. The first-order valence-electron chi connectivity index (χ1n) is 12.2. The number of aromatic nitrogens is 3. The predicted molar refractivity (Wildman–Crippen MR) is 151 cm³/mol. The zero-order chi connectivity index (χ0) is 28.3. The van der Waals surface area contributed by atoms with E-state index in [1.807, 2.05) is 32.1 Å². The molecular formula is C28H31F2N7O2. The monoisotopic (exact) mass is 535 g/mol. The Morgan fingerprint density at radius 2 is 1.92 bits per heavy atom. The summed E-state index contributed by atoms with van der Waals surface area (Å²) in [5.41, 5.74) is 3.15. The number of methoxy groups -OCH3 is 1. The van der Waals surface area contributed by atoms with Gasteiger partial charge in [-0.1, -0.05) is 6.58 Å². The Bertz CT molecular complexity index is 1530. The molecular weight excluding hydrogens is 504 g/mol. The van der Waals surface area contributed by atoms with Crippen LogP contribution in [0.4, 0.5) is 31.8 Å². The van der Waals surface area contributed by atoms with E-state index in [-0.39, 0.29) is 17.2 Å². The summed E-state index contributed by atoms with van der Waals surface area (Å²) in [6.45, 7) is 5.05. The second-order valence-electron chi connectivity index (χ2n) is 9.31. The van der Waals surface area contributed by atoms with Crippen LogP contribution in [0, 0.1) is 11.6 Å². The van der Waals surface area contributed by atoms with Crippen LogP contribution in [0.15, 0.2) is 55.4 Å². The maximum Gasteiger partial charge on any atom is 0.247 e. The average molecular weight is 536 g/mol. The van der Waals surface area contributed by atoms with Crippen molar-refractivity contribution in [2.75, 3.05) is 56.9 Å². The van der Waals surface area contributed by atoms with Crippen molar-refractivity contribution < 1.29 is 18.3 Å². The molecule has 2 aromatic carbocycles. The molecule has 0 aliphatic rings. The summed E-state index contributed by atoms with van der Waals surface area (Å²) in [5.74, 6) is -0.966. The van der Waals surface area contributed by atoms with Gasteiger partial charge in [0.1, 0.15) is 17.4 Å². The number of benzene rings is 2. The standard InChI is InChI=1S/C28H31F2N7O2/c1-7-26(38)32-21-14-22(25(39-6)15-23(21)36(4)11-10-35(2)3)34-28-31-9-8-20(33-28)18-16-37(5)24-13-17(29)12-19(30)27(18)24/h7-9,12-16H,1,10-11H2,2-6H3,(H,32,38)(H,31,33,34). The Hall–Kier alpha value is -4.51. The number of carbonyl (C=O) groups excluding carboxylic acids is 1. The van der Waals surface area contributed by atoms with E-state index in [0.29, 0.717) is 40.4 Å². The van der Waals surface area contributed by atoms with Crippen molar-refractivity contribution in [3.8, 4) is 17.0 Å². The Morgan fingerprint density at radius 1 is 1.15 bits per heavy atom. The second kappa shape index (κ2) is 11.5. The van der Waals surface area contributed by atoms with Gasteiger partial charge in [-0.25, -0.2) is 18.7 Å². The van der Waals surface area contributed by atoms with E-state index in [9.17, 15) is 13.6 Å². The van der Waals surface area contributed by atoms with Gasteiger partial charge in [0.2, 0.25) is 11.9 Å². The molecule has 11 heteroatoms. The number of nitrogens with zero attached hydrogens (tertiary/aromatic N) is 5. The average Bonchev–Trinajstić information content (AvgIpc) is 3.24. The molecule has 4 aromatic rings. The molecule has 204 valence electrons. The summed E-state index contributed by atoms with van der Waals surface area (Å²) >= 11 is 0. The zero-order valence-electron chi connectivity index (χ0n) is 22.5. The SMILES string of the molecule is C=CC(=O)Nc1cc(Nc2nccc(-c3cn(C)c4cc(F)cc(F)c34)n2)c(OC)cc1N(C)CCN(C)C. The lowest BCUT2D eigenvalue weighted by atomic mass is 10.1. The number of anilines is 4. The van der Waals surface area contributed by atoms with Crippen molar-refractivity contribution in [3.05, 3.63) is 67.0 Å². The number of nitrogens with one attached hydrogen (secondary N) is 2. The van der Waals surface area contributed by atoms with Crippen LogP contribution in [0.3, 0.4) is 0 Å². The third kappa shape index (κ3) is 5.99. The number of ether oxygens (including phenoxy) is 1. The highest BCUT2D eigenvalue weighted by atomic mass is 19.1. The van der Waals surface area contributed by atoms with Crippen LogP contribution in [0.5, 0.6) is 5.75 Å². The van der Waals surface area contributed by atoms with Crippen LogP contribution < -0.4 is 20.3 Å². The smallest absolute Gasteiger partial charge is 0.247 e. The topological polar surface area (TPSA) is 87.5 Å². The minimum atomic E-state index is -0.674. The number of fused-ring (bicyclic) bond motifs is 1. The van der Waals surface area contributed by atoms with E-state index < -0.39 is 11.6 Å². The largest absolute Gasteiger partial charge is 0.494 e. The quantitative estimate of drug-likeness (QED) is 0.283. The molecule has 2 heterocycles. The minimum absolute atomic E-state index is 0.222. The molecule has 4 rings (SSSR count). The van der Waals surface area contributed by atoms with Crippen LogP contribution >= 0.6 is 0 Å². The van der Waals surface area contributed by atoms with Gasteiger partial charge >= 0.3 is 0 Å². The van der Waals surface area contributed by atoms with Crippen LogP contribution in [0.2, 0.25) is 0 Å². The van der Waals surface area contributed by atoms with Gasteiger partial charge in [0, 0.05) is 62.7 Å². The summed E-state index contributed by atoms with van der Waals surface area (Å²) in [5, 5.41) is 6.27. The number of hydrogen-bond donors (Lipinski definition) is 2. The summed E-state index contributed by atoms with van der Waals surface area (Å²) in [7, 11) is 9.16. The van der Waals surface area contributed by atoms with Gasteiger partial charge in [-0.2, -0.15) is 0 Å². The lowest BCUT2D eigenvalue weighted by Crippen LogP contribution is -2.29. The van der Waals surface area contributed by atoms with Gasteiger partial charge in [-0.05, 0) is 38.4 Å². The molecule has 0 bridgehead atoms. The zero-order valence-corrected chi connectivity index (χ0v) is 22.5. The highest BCUT2D eigenvalue weighted by Crippen LogP contribution is 2.38. The molecule has 0 fully saturated rings. The molecule has 39 heavy (non-hydrogen) atoms. The molecule has 0 saturated carbocycles. The first kappa shape index (κ1) is 27.5. The number of halogens is 2. The van der Waals surface area contributed by atoms with Crippen molar-refractivity contribution >= 4 is 39.8 Å². The fourth-order valence-corrected chi connectivity index (χ4v) is 4.22. The molecule has 0 radical (unpaired) electrons. The first-order chi connectivity index (χ1) is 18.6. The number of aryl methyl sites for hydroxylation is 1. The molecule has 2 N–H and O–H groups in total. The third-order valence-electron chi connectivity index (χ3n) is 6.24. The van der Waals surface area contributed by atoms with Crippen molar-refractivity contribution in [1.29, 1.82) is 0 Å². The van der Waals surface area contributed by atoms with Gasteiger partial charge in [0.05, 0.1) is 35.4 Å². The maximum absolute atomic E-state index is 14.8. The summed E-state index contributed by atoms with van der Waals surface area (Å²) in [4.78, 5) is 25.2. The Labute approximate surface area is 225 Å². The van der Waals surface area contributed by atoms with Gasteiger partial charge in [-0.15, -0.1) is 0 Å². The molecule has 1 amide bonds. The van der Waals surface area contributed by atoms with Crippen molar-refractivity contribution in [3.63, 3.8) is 0 Å². The molecule has 0 saturated heterocycles. The maximum atomic E-state index is 14.8.